The average molecular weight is 331 g/mol. The Hall–Kier alpha value is -3.41. The number of rotatable bonds is 5. The molecule has 0 saturated heterocycles. The fraction of sp³-hybridized carbons (Fsp3) is 0.105. The van der Waals surface area contributed by atoms with E-state index in [0.717, 1.165) is 28.2 Å². The highest BCUT2D eigenvalue weighted by atomic mass is 16.4. The maximum absolute atomic E-state index is 5.25. The Bertz CT molecular complexity index is 961. The molecule has 0 aliphatic carbocycles. The third kappa shape index (κ3) is 3.28. The minimum atomic E-state index is 0.511. The molecule has 0 aliphatic rings. The molecule has 4 rings (SSSR count). The standard InChI is InChI=1S/C19H17N5O/c1-14-16(12-24(23-14)18-8-3-2-4-9-18)11-20-17-7-5-6-15(10-17)19-22-21-13-25-19/h2-10,12-13,20H,11H2,1H3. The van der Waals surface area contributed by atoms with Gasteiger partial charge in [0.05, 0.1) is 11.4 Å². The van der Waals surface area contributed by atoms with Crippen molar-refractivity contribution in [2.75, 3.05) is 5.32 Å². The largest absolute Gasteiger partial charge is 0.423 e. The van der Waals surface area contributed by atoms with Gasteiger partial charge < -0.3 is 9.73 Å². The van der Waals surface area contributed by atoms with E-state index < -0.39 is 0 Å². The number of aryl methyl sites for hydroxylation is 1. The predicted molar refractivity (Wildman–Crippen MR) is 95.4 cm³/mol. The Balaban J connectivity index is 1.51. The number of hydrogen-bond donors (Lipinski definition) is 1. The van der Waals surface area contributed by atoms with E-state index >= 15 is 0 Å². The minimum absolute atomic E-state index is 0.511. The summed E-state index contributed by atoms with van der Waals surface area (Å²) in [5, 5.41) is 15.7. The third-order valence-electron chi connectivity index (χ3n) is 3.97. The maximum Gasteiger partial charge on any atom is 0.247 e. The number of benzene rings is 2. The summed E-state index contributed by atoms with van der Waals surface area (Å²) in [4.78, 5) is 0. The summed E-state index contributed by atoms with van der Waals surface area (Å²) in [6, 6.07) is 18.0. The van der Waals surface area contributed by atoms with E-state index in [0.29, 0.717) is 12.4 Å². The van der Waals surface area contributed by atoms with E-state index in [9.17, 15) is 0 Å². The molecule has 0 unspecified atom stereocenters. The fourth-order valence-corrected chi connectivity index (χ4v) is 2.64. The van der Waals surface area contributed by atoms with Gasteiger partial charge in [-0.2, -0.15) is 5.10 Å². The van der Waals surface area contributed by atoms with Crippen LogP contribution in [0.3, 0.4) is 0 Å². The van der Waals surface area contributed by atoms with Gasteiger partial charge in [-0.15, -0.1) is 10.2 Å². The van der Waals surface area contributed by atoms with Crippen molar-refractivity contribution in [1.29, 1.82) is 0 Å². The normalized spacial score (nSPS) is 10.8. The Morgan fingerprint density at radius 2 is 1.96 bits per heavy atom. The molecule has 0 radical (unpaired) electrons. The second-order valence-corrected chi connectivity index (χ2v) is 5.70. The lowest BCUT2D eigenvalue weighted by Crippen LogP contribution is -2.00. The Morgan fingerprint density at radius 3 is 2.76 bits per heavy atom. The summed E-state index contributed by atoms with van der Waals surface area (Å²) in [5.74, 6) is 0.511. The molecule has 2 aromatic heterocycles. The van der Waals surface area contributed by atoms with Gasteiger partial charge in [0.25, 0.3) is 0 Å². The zero-order valence-corrected chi connectivity index (χ0v) is 13.8. The van der Waals surface area contributed by atoms with Gasteiger partial charge in [0.1, 0.15) is 0 Å². The minimum Gasteiger partial charge on any atom is -0.423 e. The molecule has 0 spiro atoms. The molecule has 4 aromatic rings. The number of aromatic nitrogens is 4. The molecule has 25 heavy (non-hydrogen) atoms. The van der Waals surface area contributed by atoms with Crippen LogP contribution < -0.4 is 5.32 Å². The van der Waals surface area contributed by atoms with Crippen molar-refractivity contribution in [2.24, 2.45) is 0 Å². The highest BCUT2D eigenvalue weighted by Crippen LogP contribution is 2.21. The summed E-state index contributed by atoms with van der Waals surface area (Å²) in [7, 11) is 0. The number of hydrogen-bond acceptors (Lipinski definition) is 5. The molecule has 6 nitrogen and oxygen atoms in total. The maximum atomic E-state index is 5.25. The van der Waals surface area contributed by atoms with Gasteiger partial charge in [-0.25, -0.2) is 4.68 Å². The lowest BCUT2D eigenvalue weighted by molar-refractivity contribution is 0.568. The highest BCUT2D eigenvalue weighted by Gasteiger charge is 2.07. The summed E-state index contributed by atoms with van der Waals surface area (Å²) >= 11 is 0. The van der Waals surface area contributed by atoms with E-state index in [4.69, 9.17) is 4.42 Å². The molecule has 0 bridgehead atoms. The van der Waals surface area contributed by atoms with Crippen LogP contribution in [0.1, 0.15) is 11.3 Å². The summed E-state index contributed by atoms with van der Waals surface area (Å²) in [6.07, 6.45) is 3.39. The van der Waals surface area contributed by atoms with Crippen LogP contribution >= 0.6 is 0 Å². The molecule has 0 saturated carbocycles. The number of anilines is 1. The van der Waals surface area contributed by atoms with Crippen molar-refractivity contribution in [2.45, 2.75) is 13.5 Å². The number of nitrogens with one attached hydrogen (secondary N) is 1. The van der Waals surface area contributed by atoms with Crippen LogP contribution in [-0.4, -0.2) is 20.0 Å². The first-order valence-electron chi connectivity index (χ1n) is 8.00. The number of para-hydroxylation sites is 1. The highest BCUT2D eigenvalue weighted by molar-refractivity contribution is 5.61. The van der Waals surface area contributed by atoms with Gasteiger partial charge in [-0.1, -0.05) is 24.3 Å². The Kier molecular flexibility index (Phi) is 4.00. The van der Waals surface area contributed by atoms with Crippen molar-refractivity contribution in [3.63, 3.8) is 0 Å². The molecule has 2 heterocycles. The Morgan fingerprint density at radius 1 is 1.08 bits per heavy atom. The molecule has 124 valence electrons. The van der Waals surface area contributed by atoms with Crippen LogP contribution in [0, 0.1) is 6.92 Å². The quantitative estimate of drug-likeness (QED) is 0.602. The van der Waals surface area contributed by atoms with Crippen LogP contribution in [0.15, 0.2) is 71.6 Å². The van der Waals surface area contributed by atoms with Crippen LogP contribution in [0.4, 0.5) is 5.69 Å². The Labute approximate surface area is 145 Å². The summed E-state index contributed by atoms with van der Waals surface area (Å²) < 4.78 is 7.15. The fourth-order valence-electron chi connectivity index (χ4n) is 2.64. The molecular formula is C19H17N5O. The predicted octanol–water partition coefficient (Wildman–Crippen LogP) is 3.84. The average Bonchev–Trinajstić information content (AvgIpc) is 3.31. The smallest absolute Gasteiger partial charge is 0.247 e. The molecule has 2 aromatic carbocycles. The molecule has 0 amide bonds. The van der Waals surface area contributed by atoms with Crippen molar-refractivity contribution < 1.29 is 4.42 Å². The van der Waals surface area contributed by atoms with Crippen molar-refractivity contribution in [3.8, 4) is 17.1 Å². The molecule has 0 fully saturated rings. The summed E-state index contributed by atoms with van der Waals surface area (Å²) in [5.41, 5.74) is 5.08. The van der Waals surface area contributed by atoms with Gasteiger partial charge in [0.15, 0.2) is 0 Å². The van der Waals surface area contributed by atoms with E-state index in [1.807, 2.05) is 66.2 Å². The van der Waals surface area contributed by atoms with E-state index in [-0.39, 0.29) is 0 Å². The van der Waals surface area contributed by atoms with Gasteiger partial charge >= 0.3 is 0 Å². The summed E-state index contributed by atoms with van der Waals surface area (Å²) in [6.45, 7) is 2.71. The molecule has 1 N–H and O–H groups in total. The zero-order valence-electron chi connectivity index (χ0n) is 13.8. The second kappa shape index (κ2) is 6.60. The van der Waals surface area contributed by atoms with Gasteiger partial charge in [-0.3, -0.25) is 0 Å². The van der Waals surface area contributed by atoms with E-state index in [2.05, 4.69) is 26.8 Å². The zero-order chi connectivity index (χ0) is 17.1. The lowest BCUT2D eigenvalue weighted by Gasteiger charge is -2.06. The van der Waals surface area contributed by atoms with Crippen molar-refractivity contribution in [1.82, 2.24) is 20.0 Å². The first-order chi connectivity index (χ1) is 12.3. The van der Waals surface area contributed by atoms with Crippen LogP contribution in [-0.2, 0) is 6.54 Å². The SMILES string of the molecule is Cc1nn(-c2ccccc2)cc1CNc1cccc(-c2nnco2)c1. The third-order valence-corrected chi connectivity index (χ3v) is 3.97. The van der Waals surface area contributed by atoms with Crippen LogP contribution in [0.2, 0.25) is 0 Å². The van der Waals surface area contributed by atoms with Gasteiger partial charge in [0.2, 0.25) is 12.3 Å². The molecule has 6 heteroatoms. The van der Waals surface area contributed by atoms with Crippen molar-refractivity contribution in [3.05, 3.63) is 78.4 Å². The molecular weight excluding hydrogens is 314 g/mol. The van der Waals surface area contributed by atoms with E-state index in [1.54, 1.807) is 0 Å². The monoisotopic (exact) mass is 331 g/mol. The topological polar surface area (TPSA) is 68.8 Å². The van der Waals surface area contributed by atoms with E-state index in [1.165, 1.54) is 6.39 Å². The van der Waals surface area contributed by atoms with Crippen LogP contribution in [0.5, 0.6) is 0 Å². The van der Waals surface area contributed by atoms with Crippen molar-refractivity contribution >= 4 is 5.69 Å². The van der Waals surface area contributed by atoms with Gasteiger partial charge in [-0.05, 0) is 37.3 Å². The lowest BCUT2D eigenvalue weighted by atomic mass is 10.2. The first-order valence-corrected chi connectivity index (χ1v) is 8.00. The van der Waals surface area contributed by atoms with Gasteiger partial charge in [0, 0.05) is 29.6 Å². The molecule has 0 aliphatic heterocycles. The first kappa shape index (κ1) is 15.1. The number of nitrogens with zero attached hydrogens (tertiary/aromatic N) is 4. The molecule has 0 atom stereocenters. The van der Waals surface area contributed by atoms with Crippen LogP contribution in [0.25, 0.3) is 17.1 Å². The second-order valence-electron chi connectivity index (χ2n) is 5.70.